The van der Waals surface area contributed by atoms with Gasteiger partial charge in [0.2, 0.25) is 0 Å². The van der Waals surface area contributed by atoms with Gasteiger partial charge in [0, 0.05) is 5.71 Å². The Hall–Kier alpha value is -1.11. The molecule has 1 saturated carbocycles. The van der Waals surface area contributed by atoms with Crippen molar-refractivity contribution in [3.05, 3.63) is 35.9 Å². The number of benzene rings is 1. The average Bonchev–Trinajstić information content (AvgIpc) is 2.33. The van der Waals surface area contributed by atoms with Crippen molar-refractivity contribution in [3.8, 4) is 0 Å². The van der Waals surface area contributed by atoms with Crippen molar-refractivity contribution in [2.75, 3.05) is 0 Å². The van der Waals surface area contributed by atoms with E-state index in [4.69, 9.17) is 4.99 Å². The van der Waals surface area contributed by atoms with Gasteiger partial charge in [0.15, 0.2) is 0 Å². The van der Waals surface area contributed by atoms with E-state index in [-0.39, 0.29) is 0 Å². The molecule has 0 saturated heterocycles. The number of aliphatic imine (C=N–C) groups is 1. The molecule has 0 spiro atoms. The van der Waals surface area contributed by atoms with E-state index < -0.39 is 0 Å². The predicted octanol–water partition coefficient (Wildman–Crippen LogP) is 4.40. The van der Waals surface area contributed by atoms with Gasteiger partial charge in [-0.15, -0.1) is 0 Å². The van der Waals surface area contributed by atoms with Gasteiger partial charge < -0.3 is 0 Å². The summed E-state index contributed by atoms with van der Waals surface area (Å²) in [4.78, 5) is 4.90. The van der Waals surface area contributed by atoms with Gasteiger partial charge in [-0.05, 0) is 37.7 Å². The van der Waals surface area contributed by atoms with Crippen molar-refractivity contribution in [1.29, 1.82) is 0 Å². The SMILES string of the molecule is C[C@H](/N=C1/CCCC[C@@H]1C)c1ccccc1. The third-order valence-corrected chi connectivity index (χ3v) is 3.53. The van der Waals surface area contributed by atoms with Crippen LogP contribution in [0.3, 0.4) is 0 Å². The Bertz CT molecular complexity index is 353. The lowest BCUT2D eigenvalue weighted by Crippen LogP contribution is -2.17. The summed E-state index contributed by atoms with van der Waals surface area (Å²) in [5.74, 6) is 0.694. The minimum absolute atomic E-state index is 0.316. The summed E-state index contributed by atoms with van der Waals surface area (Å²) in [6, 6.07) is 10.9. The van der Waals surface area contributed by atoms with E-state index in [0.717, 1.165) is 0 Å². The van der Waals surface area contributed by atoms with Crippen molar-refractivity contribution >= 4 is 5.71 Å². The van der Waals surface area contributed by atoms with Crippen LogP contribution in [0.1, 0.15) is 51.1 Å². The molecule has 0 aliphatic heterocycles. The lowest BCUT2D eigenvalue weighted by molar-refractivity contribution is 0.552. The topological polar surface area (TPSA) is 12.4 Å². The largest absolute Gasteiger partial charge is 0.286 e. The standard InChI is InChI=1S/C15H21N/c1-12-8-6-7-11-15(12)16-13(2)14-9-4-3-5-10-14/h3-5,9-10,12-13H,6-8,11H2,1-2H3/b16-15-/t12-,13-/m0/s1. The zero-order valence-electron chi connectivity index (χ0n) is 10.3. The van der Waals surface area contributed by atoms with Gasteiger partial charge in [0.05, 0.1) is 6.04 Å². The van der Waals surface area contributed by atoms with Crippen LogP contribution in [-0.4, -0.2) is 5.71 Å². The van der Waals surface area contributed by atoms with Crippen molar-refractivity contribution < 1.29 is 0 Å². The molecule has 2 rings (SSSR count). The highest BCUT2D eigenvalue weighted by atomic mass is 14.8. The van der Waals surface area contributed by atoms with Crippen molar-refractivity contribution in [1.82, 2.24) is 0 Å². The molecule has 1 heteroatoms. The number of nitrogens with zero attached hydrogens (tertiary/aromatic N) is 1. The summed E-state index contributed by atoms with van der Waals surface area (Å²) in [5.41, 5.74) is 2.76. The molecule has 1 nitrogen and oxygen atoms in total. The fourth-order valence-electron chi connectivity index (χ4n) is 2.42. The molecule has 86 valence electrons. The Morgan fingerprint density at radius 3 is 2.62 bits per heavy atom. The van der Waals surface area contributed by atoms with E-state index in [1.165, 1.54) is 37.0 Å². The number of hydrogen-bond donors (Lipinski definition) is 0. The summed E-state index contributed by atoms with van der Waals surface area (Å²) in [6.45, 7) is 4.51. The van der Waals surface area contributed by atoms with E-state index in [0.29, 0.717) is 12.0 Å². The maximum atomic E-state index is 4.90. The predicted molar refractivity (Wildman–Crippen MR) is 69.9 cm³/mol. The minimum atomic E-state index is 0.316. The van der Waals surface area contributed by atoms with Gasteiger partial charge in [0.1, 0.15) is 0 Å². The van der Waals surface area contributed by atoms with Crippen LogP contribution in [0.5, 0.6) is 0 Å². The summed E-state index contributed by atoms with van der Waals surface area (Å²) >= 11 is 0. The Balaban J connectivity index is 2.10. The quantitative estimate of drug-likeness (QED) is 0.693. The fourth-order valence-corrected chi connectivity index (χ4v) is 2.42. The molecule has 1 aliphatic carbocycles. The smallest absolute Gasteiger partial charge is 0.0720 e. The van der Waals surface area contributed by atoms with Gasteiger partial charge in [0.25, 0.3) is 0 Å². The highest BCUT2D eigenvalue weighted by Crippen LogP contribution is 2.25. The second-order valence-corrected chi connectivity index (χ2v) is 4.85. The fraction of sp³-hybridized carbons (Fsp3) is 0.533. The van der Waals surface area contributed by atoms with Gasteiger partial charge >= 0.3 is 0 Å². The van der Waals surface area contributed by atoms with Crippen LogP contribution >= 0.6 is 0 Å². The van der Waals surface area contributed by atoms with E-state index >= 15 is 0 Å². The lowest BCUT2D eigenvalue weighted by atomic mass is 9.88. The zero-order chi connectivity index (χ0) is 11.4. The molecule has 0 aromatic heterocycles. The first kappa shape index (κ1) is 11.4. The second-order valence-electron chi connectivity index (χ2n) is 4.85. The normalized spacial score (nSPS) is 25.6. The van der Waals surface area contributed by atoms with Crippen LogP contribution < -0.4 is 0 Å². The third-order valence-electron chi connectivity index (χ3n) is 3.53. The molecule has 16 heavy (non-hydrogen) atoms. The highest BCUT2D eigenvalue weighted by Gasteiger charge is 2.16. The van der Waals surface area contributed by atoms with Gasteiger partial charge in [-0.1, -0.05) is 43.7 Å². The van der Waals surface area contributed by atoms with Crippen LogP contribution in [0, 0.1) is 5.92 Å². The van der Waals surface area contributed by atoms with E-state index in [1.54, 1.807) is 0 Å². The molecule has 1 aliphatic rings. The van der Waals surface area contributed by atoms with Gasteiger partial charge in [-0.25, -0.2) is 0 Å². The van der Waals surface area contributed by atoms with Crippen LogP contribution in [0.2, 0.25) is 0 Å². The molecule has 0 radical (unpaired) electrons. The van der Waals surface area contributed by atoms with E-state index in [2.05, 4.69) is 44.2 Å². The number of rotatable bonds is 2. The van der Waals surface area contributed by atoms with Crippen molar-refractivity contribution in [2.45, 2.75) is 45.6 Å². The Kier molecular flexibility index (Phi) is 3.76. The summed E-state index contributed by atoms with van der Waals surface area (Å²) in [5, 5.41) is 0. The second kappa shape index (κ2) is 5.29. The van der Waals surface area contributed by atoms with Gasteiger partial charge in [-0.3, -0.25) is 4.99 Å². The van der Waals surface area contributed by atoms with Gasteiger partial charge in [-0.2, -0.15) is 0 Å². The molecule has 0 amide bonds. The average molecular weight is 215 g/mol. The molecule has 1 aromatic rings. The van der Waals surface area contributed by atoms with Crippen LogP contribution in [0.4, 0.5) is 0 Å². The molecule has 0 heterocycles. The molecule has 0 bridgehead atoms. The Morgan fingerprint density at radius 1 is 1.19 bits per heavy atom. The van der Waals surface area contributed by atoms with E-state index in [9.17, 15) is 0 Å². The maximum absolute atomic E-state index is 4.90. The first-order valence-electron chi connectivity index (χ1n) is 6.39. The summed E-state index contributed by atoms with van der Waals surface area (Å²) in [7, 11) is 0. The van der Waals surface area contributed by atoms with Crippen molar-refractivity contribution in [2.24, 2.45) is 10.9 Å². The minimum Gasteiger partial charge on any atom is -0.286 e. The molecule has 0 unspecified atom stereocenters. The Morgan fingerprint density at radius 2 is 1.94 bits per heavy atom. The molecular weight excluding hydrogens is 194 g/mol. The lowest BCUT2D eigenvalue weighted by Gasteiger charge is -2.22. The maximum Gasteiger partial charge on any atom is 0.0720 e. The van der Waals surface area contributed by atoms with Crippen LogP contribution in [0.25, 0.3) is 0 Å². The summed E-state index contributed by atoms with van der Waals surface area (Å²) < 4.78 is 0. The molecule has 2 atom stereocenters. The molecular formula is C15H21N. The van der Waals surface area contributed by atoms with Crippen LogP contribution in [0.15, 0.2) is 35.3 Å². The zero-order valence-corrected chi connectivity index (χ0v) is 10.3. The monoisotopic (exact) mass is 215 g/mol. The Labute approximate surface area is 98.6 Å². The van der Waals surface area contributed by atoms with Crippen LogP contribution in [-0.2, 0) is 0 Å². The van der Waals surface area contributed by atoms with E-state index in [1.807, 2.05) is 0 Å². The third kappa shape index (κ3) is 2.72. The first-order valence-corrected chi connectivity index (χ1v) is 6.39. The van der Waals surface area contributed by atoms with Crippen molar-refractivity contribution in [3.63, 3.8) is 0 Å². The number of hydrogen-bond acceptors (Lipinski definition) is 1. The molecule has 1 aromatic carbocycles. The first-order chi connectivity index (χ1) is 7.77. The molecule has 1 fully saturated rings. The molecule has 0 N–H and O–H groups in total. The summed E-state index contributed by atoms with van der Waals surface area (Å²) in [6.07, 6.45) is 5.23. The highest BCUT2D eigenvalue weighted by molar-refractivity contribution is 5.87.